The van der Waals surface area contributed by atoms with Crippen molar-refractivity contribution in [1.29, 1.82) is 0 Å². The number of benzene rings is 1. The van der Waals surface area contributed by atoms with E-state index in [1.165, 1.54) is 22.9 Å². The maximum atomic E-state index is 13.0. The van der Waals surface area contributed by atoms with Crippen LogP contribution in [0.1, 0.15) is 6.92 Å². The van der Waals surface area contributed by atoms with Gasteiger partial charge in [-0.2, -0.15) is 19.0 Å². The van der Waals surface area contributed by atoms with E-state index >= 15 is 0 Å². The fourth-order valence-corrected chi connectivity index (χ4v) is 4.06. The number of alkyl halides is 2. The molecule has 1 saturated heterocycles. The second kappa shape index (κ2) is 9.25. The molecule has 1 aliphatic heterocycles. The van der Waals surface area contributed by atoms with Crippen LogP contribution in [-0.2, 0) is 11.3 Å². The van der Waals surface area contributed by atoms with Crippen LogP contribution in [0.15, 0.2) is 42.9 Å². The molecule has 0 bridgehead atoms. The molecule has 1 fully saturated rings. The van der Waals surface area contributed by atoms with Gasteiger partial charge in [0.15, 0.2) is 0 Å². The number of piperazine rings is 1. The van der Waals surface area contributed by atoms with Crippen molar-refractivity contribution in [2.75, 3.05) is 26.7 Å². The van der Waals surface area contributed by atoms with Crippen LogP contribution in [0.2, 0.25) is 5.02 Å². The first-order valence-corrected chi connectivity index (χ1v) is 10.5. The Bertz CT molecular complexity index is 1090. The van der Waals surface area contributed by atoms with Crippen molar-refractivity contribution in [3.8, 4) is 22.7 Å². The Hall–Kier alpha value is -2.98. The molecule has 3 aromatic rings. The van der Waals surface area contributed by atoms with Gasteiger partial charge in [0.1, 0.15) is 23.7 Å². The van der Waals surface area contributed by atoms with Crippen molar-refractivity contribution in [2.24, 2.45) is 0 Å². The Morgan fingerprint density at radius 1 is 1.34 bits per heavy atom. The number of carbonyl (C=O) groups is 1. The summed E-state index contributed by atoms with van der Waals surface area (Å²) in [6.45, 7) is 1.24. The molecule has 0 spiro atoms. The van der Waals surface area contributed by atoms with E-state index in [0.717, 1.165) is 13.1 Å². The fourth-order valence-electron chi connectivity index (χ4n) is 3.89. The summed E-state index contributed by atoms with van der Waals surface area (Å²) in [7, 11) is 2.03. The Morgan fingerprint density at radius 2 is 2.16 bits per heavy atom. The molecule has 0 aliphatic carbocycles. The standard InChI is InChI=1S/C21H23ClF2N6O2/c1-14-11-27(2)8-9-29(14)19(31)13-28-12-17(30-7-3-6-25-30)20(26-28)16-10-15(22)4-5-18(16)32-21(23)24/h3-7,10,12,14,21H,8-9,11,13H2,1-2H3. The predicted octanol–water partition coefficient (Wildman–Crippen LogP) is 3.15. The molecule has 1 unspecified atom stereocenters. The summed E-state index contributed by atoms with van der Waals surface area (Å²) in [4.78, 5) is 17.0. The average Bonchev–Trinajstić information content (AvgIpc) is 3.38. The summed E-state index contributed by atoms with van der Waals surface area (Å²) in [6, 6.07) is 6.15. The highest BCUT2D eigenvalue weighted by atomic mass is 35.5. The minimum atomic E-state index is -3.01. The molecule has 170 valence electrons. The van der Waals surface area contributed by atoms with Crippen LogP contribution in [0.4, 0.5) is 8.78 Å². The van der Waals surface area contributed by atoms with Crippen LogP contribution in [-0.4, -0.2) is 74.6 Å². The van der Waals surface area contributed by atoms with Crippen LogP contribution in [0.25, 0.3) is 16.9 Å². The molecule has 0 N–H and O–H groups in total. The molecule has 1 amide bonds. The smallest absolute Gasteiger partial charge is 0.387 e. The maximum Gasteiger partial charge on any atom is 0.387 e. The lowest BCUT2D eigenvalue weighted by atomic mass is 10.1. The molecule has 1 atom stereocenters. The van der Waals surface area contributed by atoms with Gasteiger partial charge in [-0.1, -0.05) is 11.6 Å². The summed E-state index contributed by atoms with van der Waals surface area (Å²) < 4.78 is 33.7. The molecule has 1 aliphatic rings. The normalized spacial score (nSPS) is 17.2. The van der Waals surface area contributed by atoms with E-state index in [2.05, 4.69) is 19.8 Å². The van der Waals surface area contributed by atoms with E-state index in [4.69, 9.17) is 11.6 Å². The zero-order chi connectivity index (χ0) is 22.8. The van der Waals surface area contributed by atoms with E-state index in [0.29, 0.717) is 22.9 Å². The van der Waals surface area contributed by atoms with Gasteiger partial charge in [-0.15, -0.1) is 0 Å². The van der Waals surface area contributed by atoms with Gasteiger partial charge in [-0.05, 0) is 38.2 Å². The zero-order valence-corrected chi connectivity index (χ0v) is 18.4. The quantitative estimate of drug-likeness (QED) is 0.560. The van der Waals surface area contributed by atoms with Crippen molar-refractivity contribution < 1.29 is 18.3 Å². The van der Waals surface area contributed by atoms with E-state index in [1.54, 1.807) is 29.3 Å². The highest BCUT2D eigenvalue weighted by Crippen LogP contribution is 2.36. The molecule has 3 heterocycles. The van der Waals surface area contributed by atoms with Gasteiger partial charge < -0.3 is 14.5 Å². The minimum absolute atomic E-state index is 0.00786. The highest BCUT2D eigenvalue weighted by Gasteiger charge is 2.27. The second-order valence-electron chi connectivity index (χ2n) is 7.73. The number of likely N-dealkylation sites (N-methyl/N-ethyl adjacent to an activating group) is 1. The summed E-state index contributed by atoms with van der Waals surface area (Å²) in [5.74, 6) is -0.135. The lowest BCUT2D eigenvalue weighted by Crippen LogP contribution is -2.53. The molecule has 8 nitrogen and oxygen atoms in total. The number of carbonyl (C=O) groups excluding carboxylic acids is 1. The summed E-state index contributed by atoms with van der Waals surface area (Å²) >= 11 is 6.14. The zero-order valence-electron chi connectivity index (χ0n) is 17.7. The first-order chi connectivity index (χ1) is 15.3. The molecule has 11 heteroatoms. The first-order valence-electron chi connectivity index (χ1n) is 10.1. The lowest BCUT2D eigenvalue weighted by molar-refractivity contribution is -0.136. The Morgan fingerprint density at radius 3 is 2.84 bits per heavy atom. The van der Waals surface area contributed by atoms with Crippen LogP contribution in [0.5, 0.6) is 5.75 Å². The number of hydrogen-bond acceptors (Lipinski definition) is 5. The molecule has 4 rings (SSSR count). The van der Waals surface area contributed by atoms with Crippen LogP contribution >= 0.6 is 11.6 Å². The van der Waals surface area contributed by atoms with Gasteiger partial charge in [0.2, 0.25) is 5.91 Å². The fraction of sp³-hybridized carbons (Fsp3) is 0.381. The SMILES string of the molecule is CC1CN(C)CCN1C(=O)Cn1cc(-n2cccn2)c(-c2cc(Cl)ccc2OC(F)F)n1. The lowest BCUT2D eigenvalue weighted by Gasteiger charge is -2.38. The van der Waals surface area contributed by atoms with E-state index in [-0.39, 0.29) is 29.8 Å². The van der Waals surface area contributed by atoms with Crippen molar-refractivity contribution in [1.82, 2.24) is 29.4 Å². The van der Waals surface area contributed by atoms with E-state index in [9.17, 15) is 13.6 Å². The van der Waals surface area contributed by atoms with Crippen LogP contribution < -0.4 is 4.74 Å². The number of aromatic nitrogens is 4. The van der Waals surface area contributed by atoms with Crippen LogP contribution in [0.3, 0.4) is 0 Å². The predicted molar refractivity (Wildman–Crippen MR) is 115 cm³/mol. The first kappa shape index (κ1) is 22.2. The van der Waals surface area contributed by atoms with E-state index in [1.807, 2.05) is 18.9 Å². The van der Waals surface area contributed by atoms with Gasteiger partial charge in [0.05, 0.1) is 6.20 Å². The second-order valence-corrected chi connectivity index (χ2v) is 8.16. The van der Waals surface area contributed by atoms with Crippen molar-refractivity contribution in [2.45, 2.75) is 26.1 Å². The third-order valence-electron chi connectivity index (χ3n) is 5.35. The third kappa shape index (κ3) is 4.76. The molecule has 0 radical (unpaired) electrons. The highest BCUT2D eigenvalue weighted by molar-refractivity contribution is 6.31. The van der Waals surface area contributed by atoms with Crippen molar-refractivity contribution in [3.05, 3.63) is 47.9 Å². The van der Waals surface area contributed by atoms with Gasteiger partial charge >= 0.3 is 6.61 Å². The van der Waals surface area contributed by atoms with Crippen molar-refractivity contribution >= 4 is 17.5 Å². The molecule has 1 aromatic carbocycles. The largest absolute Gasteiger partial charge is 0.434 e. The number of halogens is 3. The maximum absolute atomic E-state index is 13.0. The minimum Gasteiger partial charge on any atom is -0.434 e. The Balaban J connectivity index is 1.70. The molecule has 2 aromatic heterocycles. The third-order valence-corrected chi connectivity index (χ3v) is 5.59. The Kier molecular flexibility index (Phi) is 6.43. The van der Waals surface area contributed by atoms with E-state index < -0.39 is 6.61 Å². The van der Waals surface area contributed by atoms with Gasteiger partial charge in [-0.3, -0.25) is 9.48 Å². The number of rotatable bonds is 6. The van der Waals surface area contributed by atoms with Crippen LogP contribution in [0, 0.1) is 0 Å². The number of amides is 1. The molecular formula is C21H23ClF2N6O2. The molecule has 32 heavy (non-hydrogen) atoms. The van der Waals surface area contributed by atoms with Gasteiger partial charge in [0, 0.05) is 48.7 Å². The number of ether oxygens (including phenoxy) is 1. The molecule has 0 saturated carbocycles. The number of nitrogens with zero attached hydrogens (tertiary/aromatic N) is 6. The topological polar surface area (TPSA) is 68.4 Å². The van der Waals surface area contributed by atoms with Gasteiger partial charge in [0.25, 0.3) is 0 Å². The summed E-state index contributed by atoms with van der Waals surface area (Å²) in [5, 5.41) is 9.10. The average molecular weight is 465 g/mol. The van der Waals surface area contributed by atoms with Gasteiger partial charge in [-0.25, -0.2) is 4.68 Å². The Labute approximate surface area is 188 Å². The number of hydrogen-bond donors (Lipinski definition) is 0. The van der Waals surface area contributed by atoms with Crippen molar-refractivity contribution in [3.63, 3.8) is 0 Å². The summed E-state index contributed by atoms with van der Waals surface area (Å²) in [6.07, 6.45) is 4.95. The summed E-state index contributed by atoms with van der Waals surface area (Å²) in [5.41, 5.74) is 1.11. The molecular weight excluding hydrogens is 442 g/mol. The monoisotopic (exact) mass is 464 g/mol.